The third-order valence-corrected chi connectivity index (χ3v) is 4.36. The average molecular weight is 328 g/mol. The van der Waals surface area contributed by atoms with Gasteiger partial charge >= 0.3 is 0 Å². The Balaban J connectivity index is 1.47. The summed E-state index contributed by atoms with van der Waals surface area (Å²) < 4.78 is 5.10. The molecule has 1 amide bonds. The summed E-state index contributed by atoms with van der Waals surface area (Å²) in [4.78, 5) is 16.7. The number of rotatable bonds is 5. The van der Waals surface area contributed by atoms with Crippen LogP contribution in [0.4, 0.5) is 0 Å². The number of nitrogens with zero attached hydrogens (tertiary/aromatic N) is 3. The van der Waals surface area contributed by atoms with Gasteiger partial charge in [0, 0.05) is 38.8 Å². The van der Waals surface area contributed by atoms with Gasteiger partial charge in [-0.15, -0.1) is 0 Å². The molecule has 6 nitrogen and oxygen atoms in total. The van der Waals surface area contributed by atoms with E-state index in [1.165, 1.54) is 0 Å². The third-order valence-electron chi connectivity index (χ3n) is 4.36. The fraction of sp³-hybridized carbons (Fsp3) is 0.444. The standard InChI is InChI=1S/C18H24N4O2/c1-14-11-16(20-24-14)13-21-7-9-22(10-8-21)18(23)17(19)12-15-5-3-2-4-6-15/h2-6,11,17H,7-10,12-13,19H2,1H3. The smallest absolute Gasteiger partial charge is 0.239 e. The van der Waals surface area contributed by atoms with Crippen molar-refractivity contribution in [2.24, 2.45) is 5.73 Å². The molecule has 1 aromatic heterocycles. The summed E-state index contributed by atoms with van der Waals surface area (Å²) in [5.41, 5.74) is 8.15. The summed E-state index contributed by atoms with van der Waals surface area (Å²) in [6, 6.07) is 11.4. The maximum atomic E-state index is 12.5. The second-order valence-corrected chi connectivity index (χ2v) is 6.33. The monoisotopic (exact) mass is 328 g/mol. The Labute approximate surface area is 142 Å². The molecule has 128 valence electrons. The van der Waals surface area contributed by atoms with Crippen LogP contribution in [-0.4, -0.2) is 53.1 Å². The highest BCUT2D eigenvalue weighted by molar-refractivity contribution is 5.82. The molecule has 2 aromatic rings. The summed E-state index contributed by atoms with van der Waals surface area (Å²) in [6.45, 7) is 5.72. The van der Waals surface area contributed by atoms with Crippen molar-refractivity contribution in [3.05, 3.63) is 53.4 Å². The molecule has 1 aliphatic heterocycles. The average Bonchev–Trinajstić information content (AvgIpc) is 3.00. The van der Waals surface area contributed by atoms with E-state index in [9.17, 15) is 4.79 Å². The second kappa shape index (κ2) is 7.59. The lowest BCUT2D eigenvalue weighted by atomic mass is 10.1. The van der Waals surface area contributed by atoms with E-state index in [4.69, 9.17) is 10.3 Å². The van der Waals surface area contributed by atoms with Crippen LogP contribution in [0, 0.1) is 6.92 Å². The van der Waals surface area contributed by atoms with Crippen LogP contribution in [0.1, 0.15) is 17.0 Å². The molecule has 1 unspecified atom stereocenters. The fourth-order valence-electron chi connectivity index (χ4n) is 3.04. The number of nitrogens with two attached hydrogens (primary N) is 1. The Morgan fingerprint density at radius 3 is 2.58 bits per heavy atom. The maximum Gasteiger partial charge on any atom is 0.239 e. The number of carbonyl (C=O) groups excluding carboxylic acids is 1. The number of hydrogen-bond acceptors (Lipinski definition) is 5. The predicted molar refractivity (Wildman–Crippen MR) is 91.2 cm³/mol. The van der Waals surface area contributed by atoms with Gasteiger partial charge in [-0.05, 0) is 18.9 Å². The van der Waals surface area contributed by atoms with Gasteiger partial charge < -0.3 is 15.2 Å². The first-order valence-corrected chi connectivity index (χ1v) is 8.34. The van der Waals surface area contributed by atoms with Gasteiger partial charge in [0.05, 0.1) is 11.7 Å². The molecular weight excluding hydrogens is 304 g/mol. The molecule has 0 bridgehead atoms. The van der Waals surface area contributed by atoms with Crippen molar-refractivity contribution in [2.75, 3.05) is 26.2 Å². The SMILES string of the molecule is Cc1cc(CN2CCN(C(=O)C(N)Cc3ccccc3)CC2)no1. The second-order valence-electron chi connectivity index (χ2n) is 6.33. The minimum atomic E-state index is -0.475. The molecule has 0 radical (unpaired) electrons. The molecule has 1 atom stereocenters. The van der Waals surface area contributed by atoms with E-state index in [0.717, 1.165) is 36.7 Å². The molecule has 3 rings (SSSR count). The number of aromatic nitrogens is 1. The van der Waals surface area contributed by atoms with E-state index < -0.39 is 6.04 Å². The van der Waals surface area contributed by atoms with Crippen LogP contribution in [-0.2, 0) is 17.8 Å². The van der Waals surface area contributed by atoms with Crippen LogP contribution < -0.4 is 5.73 Å². The predicted octanol–water partition coefficient (Wildman–Crippen LogP) is 1.20. The number of hydrogen-bond donors (Lipinski definition) is 1. The summed E-state index contributed by atoms with van der Waals surface area (Å²) in [5, 5.41) is 4.02. The van der Waals surface area contributed by atoms with Crippen LogP contribution in [0.3, 0.4) is 0 Å². The van der Waals surface area contributed by atoms with Gasteiger partial charge in [-0.3, -0.25) is 9.69 Å². The highest BCUT2D eigenvalue weighted by Gasteiger charge is 2.25. The zero-order valence-electron chi connectivity index (χ0n) is 14.0. The molecule has 6 heteroatoms. The molecule has 1 saturated heterocycles. The van der Waals surface area contributed by atoms with Crippen LogP contribution in [0.25, 0.3) is 0 Å². The lowest BCUT2D eigenvalue weighted by Gasteiger charge is -2.35. The zero-order valence-corrected chi connectivity index (χ0v) is 14.0. The molecule has 0 saturated carbocycles. The van der Waals surface area contributed by atoms with Gasteiger partial charge in [0.25, 0.3) is 0 Å². The van der Waals surface area contributed by atoms with Crippen molar-refractivity contribution >= 4 is 5.91 Å². The Morgan fingerprint density at radius 1 is 1.25 bits per heavy atom. The van der Waals surface area contributed by atoms with Gasteiger partial charge in [-0.1, -0.05) is 35.5 Å². The lowest BCUT2D eigenvalue weighted by Crippen LogP contribution is -2.53. The lowest BCUT2D eigenvalue weighted by molar-refractivity contribution is -0.134. The molecule has 1 aliphatic rings. The number of carbonyl (C=O) groups is 1. The Hall–Kier alpha value is -2.18. The Bertz CT molecular complexity index is 663. The van der Waals surface area contributed by atoms with Crippen LogP contribution in [0.5, 0.6) is 0 Å². The van der Waals surface area contributed by atoms with Crippen molar-refractivity contribution in [3.63, 3.8) is 0 Å². The highest BCUT2D eigenvalue weighted by Crippen LogP contribution is 2.11. The van der Waals surface area contributed by atoms with Crippen molar-refractivity contribution < 1.29 is 9.32 Å². The van der Waals surface area contributed by atoms with Crippen molar-refractivity contribution in [2.45, 2.75) is 25.9 Å². The molecule has 2 heterocycles. The molecule has 1 aromatic carbocycles. The van der Waals surface area contributed by atoms with Gasteiger partial charge in [0.1, 0.15) is 5.76 Å². The zero-order chi connectivity index (χ0) is 16.9. The van der Waals surface area contributed by atoms with E-state index in [2.05, 4.69) is 10.1 Å². The molecule has 0 spiro atoms. The maximum absolute atomic E-state index is 12.5. The van der Waals surface area contributed by atoms with Crippen molar-refractivity contribution in [1.29, 1.82) is 0 Å². The summed E-state index contributed by atoms with van der Waals surface area (Å²) >= 11 is 0. The van der Waals surface area contributed by atoms with Crippen LogP contribution >= 0.6 is 0 Å². The largest absolute Gasteiger partial charge is 0.361 e. The minimum absolute atomic E-state index is 0.0378. The van der Waals surface area contributed by atoms with Gasteiger partial charge in [-0.25, -0.2) is 0 Å². The minimum Gasteiger partial charge on any atom is -0.361 e. The third kappa shape index (κ3) is 4.21. The molecular formula is C18H24N4O2. The number of aryl methyl sites for hydroxylation is 1. The van der Waals surface area contributed by atoms with Crippen molar-refractivity contribution in [3.8, 4) is 0 Å². The number of benzene rings is 1. The summed E-state index contributed by atoms with van der Waals surface area (Å²) in [7, 11) is 0. The van der Waals surface area contributed by atoms with Crippen molar-refractivity contribution in [1.82, 2.24) is 15.0 Å². The Kier molecular flexibility index (Phi) is 5.27. The van der Waals surface area contributed by atoms with E-state index in [-0.39, 0.29) is 5.91 Å². The molecule has 24 heavy (non-hydrogen) atoms. The highest BCUT2D eigenvalue weighted by atomic mass is 16.5. The fourth-order valence-corrected chi connectivity index (χ4v) is 3.04. The quantitative estimate of drug-likeness (QED) is 0.892. The van der Waals surface area contributed by atoms with E-state index in [1.807, 2.05) is 48.2 Å². The van der Waals surface area contributed by atoms with Crippen LogP contribution in [0.2, 0.25) is 0 Å². The normalized spacial score (nSPS) is 17.0. The topological polar surface area (TPSA) is 75.6 Å². The first-order valence-electron chi connectivity index (χ1n) is 8.34. The van der Waals surface area contributed by atoms with E-state index in [0.29, 0.717) is 19.5 Å². The molecule has 2 N–H and O–H groups in total. The van der Waals surface area contributed by atoms with Gasteiger partial charge in [0.2, 0.25) is 5.91 Å². The van der Waals surface area contributed by atoms with Gasteiger partial charge in [-0.2, -0.15) is 0 Å². The van der Waals surface area contributed by atoms with E-state index in [1.54, 1.807) is 0 Å². The van der Waals surface area contributed by atoms with Gasteiger partial charge in [0.15, 0.2) is 0 Å². The number of piperazine rings is 1. The molecule has 0 aliphatic carbocycles. The van der Waals surface area contributed by atoms with E-state index >= 15 is 0 Å². The summed E-state index contributed by atoms with van der Waals surface area (Å²) in [5.74, 6) is 0.862. The summed E-state index contributed by atoms with van der Waals surface area (Å²) in [6.07, 6.45) is 0.581. The Morgan fingerprint density at radius 2 is 1.96 bits per heavy atom. The number of amides is 1. The van der Waals surface area contributed by atoms with Crippen LogP contribution in [0.15, 0.2) is 40.9 Å². The molecule has 1 fully saturated rings. The first kappa shape index (κ1) is 16.7. The first-order chi connectivity index (χ1) is 11.6.